The highest BCUT2D eigenvalue weighted by Crippen LogP contribution is 2.26. The molecule has 0 atom stereocenters. The molecule has 10 heteroatoms. The van der Waals surface area contributed by atoms with Gasteiger partial charge in [0.15, 0.2) is 11.3 Å². The van der Waals surface area contributed by atoms with E-state index in [0.717, 1.165) is 31.2 Å². The van der Waals surface area contributed by atoms with Crippen molar-refractivity contribution in [2.45, 2.75) is 44.7 Å². The second-order valence-corrected chi connectivity index (χ2v) is 8.61. The molecule has 1 aliphatic carbocycles. The Morgan fingerprint density at radius 3 is 2.59 bits per heavy atom. The van der Waals surface area contributed by atoms with Crippen molar-refractivity contribution in [2.75, 3.05) is 16.0 Å². The Bertz CT molecular complexity index is 1300. The number of amides is 1. The van der Waals surface area contributed by atoms with Gasteiger partial charge in [-0.2, -0.15) is 0 Å². The van der Waals surface area contributed by atoms with Crippen LogP contribution in [-0.4, -0.2) is 42.6 Å². The van der Waals surface area contributed by atoms with Gasteiger partial charge in [-0.25, -0.2) is 14.5 Å². The van der Waals surface area contributed by atoms with Crippen LogP contribution in [-0.2, 0) is 0 Å². The molecule has 0 bridgehead atoms. The van der Waals surface area contributed by atoms with Crippen molar-refractivity contribution in [3.63, 3.8) is 0 Å². The van der Waals surface area contributed by atoms with E-state index < -0.39 is 0 Å². The lowest BCUT2D eigenvalue weighted by Gasteiger charge is -2.27. The van der Waals surface area contributed by atoms with Gasteiger partial charge in [0.1, 0.15) is 11.6 Å². The van der Waals surface area contributed by atoms with Gasteiger partial charge in [0.05, 0.1) is 11.9 Å². The maximum Gasteiger partial charge on any atom is 0.276 e. The number of imidazole rings is 1. The van der Waals surface area contributed by atoms with Crippen LogP contribution in [0.4, 0.5) is 23.0 Å². The van der Waals surface area contributed by atoms with E-state index >= 15 is 0 Å². The zero-order chi connectivity index (χ0) is 23.5. The predicted molar refractivity (Wildman–Crippen MR) is 131 cm³/mol. The largest absolute Gasteiger partial charge is 0.366 e. The first-order valence-electron chi connectivity index (χ1n) is 11.4. The average molecular weight is 458 g/mol. The Hall–Kier alpha value is -4.05. The van der Waals surface area contributed by atoms with Crippen molar-refractivity contribution >= 4 is 34.6 Å². The molecular weight excluding hydrogens is 430 g/mol. The molecule has 0 aromatic carbocycles. The van der Waals surface area contributed by atoms with Crippen LogP contribution in [0.3, 0.4) is 0 Å². The molecule has 5 N–H and O–H groups in total. The minimum atomic E-state index is -0.313. The summed E-state index contributed by atoms with van der Waals surface area (Å²) < 4.78 is 1.56. The summed E-state index contributed by atoms with van der Waals surface area (Å²) in [4.78, 5) is 25.9. The zero-order valence-corrected chi connectivity index (χ0v) is 18.9. The third-order valence-electron chi connectivity index (χ3n) is 5.94. The van der Waals surface area contributed by atoms with Gasteiger partial charge in [-0.3, -0.25) is 9.78 Å². The van der Waals surface area contributed by atoms with Gasteiger partial charge in [0, 0.05) is 42.4 Å². The normalized spacial score (nSPS) is 17.9. The lowest BCUT2D eigenvalue weighted by Crippen LogP contribution is -2.33. The van der Waals surface area contributed by atoms with Crippen LogP contribution in [0.15, 0.2) is 55.1 Å². The van der Waals surface area contributed by atoms with E-state index in [9.17, 15) is 4.79 Å². The Kier molecular flexibility index (Phi) is 6.05. The molecule has 5 rings (SSSR count). The molecule has 34 heavy (non-hydrogen) atoms. The molecule has 0 radical (unpaired) electrons. The van der Waals surface area contributed by atoms with Gasteiger partial charge >= 0.3 is 0 Å². The first kappa shape index (κ1) is 21.8. The van der Waals surface area contributed by atoms with E-state index in [1.807, 2.05) is 25.1 Å². The van der Waals surface area contributed by atoms with Crippen LogP contribution in [0.25, 0.3) is 5.65 Å². The van der Waals surface area contributed by atoms with Crippen LogP contribution in [0, 0.1) is 6.92 Å². The minimum Gasteiger partial charge on any atom is -0.366 e. The molecule has 4 aromatic rings. The second-order valence-electron chi connectivity index (χ2n) is 8.61. The summed E-state index contributed by atoms with van der Waals surface area (Å²) in [5, 5.41) is 14.4. The molecule has 0 unspecified atom stereocenters. The number of pyridine rings is 2. The third-order valence-corrected chi connectivity index (χ3v) is 5.94. The molecule has 4 heterocycles. The maximum absolute atomic E-state index is 13.0. The van der Waals surface area contributed by atoms with Gasteiger partial charge in [-0.15, -0.1) is 5.10 Å². The summed E-state index contributed by atoms with van der Waals surface area (Å²) in [6.45, 7) is 2.01. The van der Waals surface area contributed by atoms with Gasteiger partial charge in [0.25, 0.3) is 5.91 Å². The van der Waals surface area contributed by atoms with Gasteiger partial charge in [-0.1, -0.05) is 0 Å². The number of aromatic nitrogens is 5. The van der Waals surface area contributed by atoms with Crippen LogP contribution in [0.2, 0.25) is 0 Å². The number of anilines is 4. The number of carbonyl (C=O) groups excluding carboxylic acids is 1. The fraction of sp³-hybridized carbons (Fsp3) is 0.292. The number of fused-ring (bicyclic) bond motifs is 1. The van der Waals surface area contributed by atoms with E-state index in [2.05, 4.69) is 30.9 Å². The van der Waals surface area contributed by atoms with Crippen molar-refractivity contribution in [2.24, 2.45) is 5.73 Å². The molecule has 0 spiro atoms. The van der Waals surface area contributed by atoms with Crippen molar-refractivity contribution < 1.29 is 4.79 Å². The molecule has 174 valence electrons. The quantitative estimate of drug-likeness (QED) is 0.345. The molecule has 0 aliphatic heterocycles. The Labute approximate surface area is 197 Å². The van der Waals surface area contributed by atoms with Gasteiger partial charge < -0.3 is 21.7 Å². The van der Waals surface area contributed by atoms with E-state index in [1.54, 1.807) is 35.2 Å². The fourth-order valence-electron chi connectivity index (χ4n) is 4.13. The SMILES string of the molecule is Cc1ccnc(Nc2cc(NC3CCC(N)CC3)nn3c(C(=O)Nc4ccncc4)cnc23)c1. The highest BCUT2D eigenvalue weighted by Gasteiger charge is 2.21. The second kappa shape index (κ2) is 9.44. The molecule has 10 nitrogen and oxygen atoms in total. The van der Waals surface area contributed by atoms with E-state index in [4.69, 9.17) is 10.8 Å². The fourth-order valence-corrected chi connectivity index (χ4v) is 4.13. The van der Waals surface area contributed by atoms with E-state index in [0.29, 0.717) is 34.4 Å². The monoisotopic (exact) mass is 457 g/mol. The molecule has 4 aromatic heterocycles. The summed E-state index contributed by atoms with van der Waals surface area (Å²) in [7, 11) is 0. The number of nitrogens with zero attached hydrogens (tertiary/aromatic N) is 5. The lowest BCUT2D eigenvalue weighted by molar-refractivity contribution is 0.102. The maximum atomic E-state index is 13.0. The Morgan fingerprint density at radius 2 is 1.82 bits per heavy atom. The molecular formula is C24H27N9O. The van der Waals surface area contributed by atoms with Gasteiger partial charge in [-0.05, 0) is 62.4 Å². The standard InChI is InChI=1S/C24H27N9O/c1-15-6-11-27-21(12-15)31-19-13-22(29-17-4-2-16(25)3-5-17)32-33-20(14-28-23(19)33)24(34)30-18-7-9-26-10-8-18/h6-14,16-17H,2-5,25H2,1H3,(H,27,31)(H,29,32)(H,26,30,34). The smallest absolute Gasteiger partial charge is 0.276 e. The van der Waals surface area contributed by atoms with Crippen LogP contribution in [0.1, 0.15) is 41.7 Å². The van der Waals surface area contributed by atoms with E-state index in [-0.39, 0.29) is 18.0 Å². The molecule has 0 saturated heterocycles. The predicted octanol–water partition coefficient (Wildman–Crippen LogP) is 3.51. The highest BCUT2D eigenvalue weighted by atomic mass is 16.2. The number of hydrogen-bond acceptors (Lipinski definition) is 8. The lowest BCUT2D eigenvalue weighted by atomic mass is 9.92. The summed E-state index contributed by atoms with van der Waals surface area (Å²) >= 11 is 0. The zero-order valence-electron chi connectivity index (χ0n) is 18.9. The van der Waals surface area contributed by atoms with Crippen LogP contribution in [0.5, 0.6) is 0 Å². The number of aryl methyl sites for hydroxylation is 1. The molecule has 1 amide bonds. The molecule has 1 fully saturated rings. The van der Waals surface area contributed by atoms with Crippen molar-refractivity contribution in [3.05, 3.63) is 66.4 Å². The highest BCUT2D eigenvalue weighted by molar-refractivity contribution is 6.03. The number of carbonyl (C=O) groups is 1. The Morgan fingerprint density at radius 1 is 1.03 bits per heavy atom. The summed E-state index contributed by atoms with van der Waals surface area (Å²) in [6, 6.07) is 9.78. The number of nitrogens with one attached hydrogen (secondary N) is 3. The first-order chi connectivity index (χ1) is 16.5. The third kappa shape index (κ3) is 4.81. The summed E-state index contributed by atoms with van der Waals surface area (Å²) in [5.41, 5.74) is 9.34. The Balaban J connectivity index is 1.50. The summed E-state index contributed by atoms with van der Waals surface area (Å²) in [5.74, 6) is 1.03. The number of rotatable bonds is 6. The topological polar surface area (TPSA) is 135 Å². The number of nitrogens with two attached hydrogens (primary N) is 1. The molecule has 1 saturated carbocycles. The van der Waals surface area contributed by atoms with Crippen molar-refractivity contribution in [3.8, 4) is 0 Å². The average Bonchev–Trinajstić information content (AvgIpc) is 3.26. The van der Waals surface area contributed by atoms with Crippen molar-refractivity contribution in [1.82, 2.24) is 24.6 Å². The summed E-state index contributed by atoms with van der Waals surface area (Å²) in [6.07, 6.45) is 10.4. The minimum absolute atomic E-state index is 0.259. The molecule has 1 aliphatic rings. The van der Waals surface area contributed by atoms with Crippen molar-refractivity contribution in [1.29, 1.82) is 0 Å². The van der Waals surface area contributed by atoms with Crippen LogP contribution >= 0.6 is 0 Å². The van der Waals surface area contributed by atoms with E-state index in [1.165, 1.54) is 6.20 Å². The first-order valence-corrected chi connectivity index (χ1v) is 11.4. The number of hydrogen-bond donors (Lipinski definition) is 4. The van der Waals surface area contributed by atoms with Gasteiger partial charge in [0.2, 0.25) is 0 Å². The van der Waals surface area contributed by atoms with Crippen LogP contribution < -0.4 is 21.7 Å².